The minimum Gasteiger partial charge on any atom is -0.454 e. The van der Waals surface area contributed by atoms with Crippen LogP contribution in [0.1, 0.15) is 35.9 Å². The quantitative estimate of drug-likeness (QED) is 0.558. The maximum absolute atomic E-state index is 12.9. The van der Waals surface area contributed by atoms with Gasteiger partial charge < -0.3 is 14.8 Å². The Balaban J connectivity index is 1.51. The van der Waals surface area contributed by atoms with E-state index in [1.54, 1.807) is 35.0 Å². The maximum atomic E-state index is 12.9. The number of benzene rings is 1. The molecular formula is C22H19N5O3. The summed E-state index contributed by atoms with van der Waals surface area (Å²) in [6.45, 7) is 4.29. The lowest BCUT2D eigenvalue weighted by atomic mass is 10.1. The summed E-state index contributed by atoms with van der Waals surface area (Å²) in [6, 6.07) is 14.5. The third-order valence-corrected chi connectivity index (χ3v) is 4.84. The minimum absolute atomic E-state index is 0.143. The fourth-order valence-corrected chi connectivity index (χ4v) is 3.33. The second-order valence-corrected chi connectivity index (χ2v) is 7.26. The van der Waals surface area contributed by atoms with E-state index in [1.165, 1.54) is 0 Å². The number of anilines is 1. The summed E-state index contributed by atoms with van der Waals surface area (Å²) < 4.78 is 12.5. The lowest BCUT2D eigenvalue weighted by Crippen LogP contribution is -2.16. The van der Waals surface area contributed by atoms with Gasteiger partial charge in [0.15, 0.2) is 17.1 Å². The van der Waals surface area contributed by atoms with Crippen LogP contribution in [-0.2, 0) is 0 Å². The van der Waals surface area contributed by atoms with Crippen LogP contribution in [0.3, 0.4) is 0 Å². The van der Waals surface area contributed by atoms with Crippen molar-refractivity contribution in [3.05, 3.63) is 66.1 Å². The molecule has 1 aromatic carbocycles. The molecule has 8 heteroatoms. The zero-order valence-corrected chi connectivity index (χ0v) is 16.5. The molecule has 5 rings (SSSR count). The fraction of sp³-hybridized carbons (Fsp3) is 0.182. The number of aromatic nitrogens is 4. The number of carbonyl (C=O) groups is 1. The molecule has 3 aromatic heterocycles. The molecule has 0 radical (unpaired) electrons. The highest BCUT2D eigenvalue weighted by Crippen LogP contribution is 2.34. The SMILES string of the molecule is CC(C)c1cc(C(=O)Nc2ccc3c(c2)OCO3)nc2cc(-c3ccccn3)nn12. The van der Waals surface area contributed by atoms with Gasteiger partial charge in [0.1, 0.15) is 11.4 Å². The number of hydrogen-bond acceptors (Lipinski definition) is 6. The van der Waals surface area contributed by atoms with E-state index in [9.17, 15) is 4.79 Å². The van der Waals surface area contributed by atoms with Crippen LogP contribution in [-0.4, -0.2) is 32.3 Å². The molecule has 0 saturated carbocycles. The Morgan fingerprint density at radius 3 is 2.73 bits per heavy atom. The smallest absolute Gasteiger partial charge is 0.274 e. The fourth-order valence-electron chi connectivity index (χ4n) is 3.33. The minimum atomic E-state index is -0.307. The van der Waals surface area contributed by atoms with E-state index < -0.39 is 0 Å². The largest absolute Gasteiger partial charge is 0.454 e. The van der Waals surface area contributed by atoms with Gasteiger partial charge in [-0.05, 0) is 36.2 Å². The van der Waals surface area contributed by atoms with E-state index in [-0.39, 0.29) is 18.6 Å². The standard InChI is InChI=1S/C22H19N5O3/c1-13(2)18-10-17(22(28)24-14-6-7-19-20(9-14)30-12-29-19)25-21-11-16(26-27(18)21)15-5-3-4-8-23-15/h3-11,13H,12H2,1-2H3,(H,24,28). The molecule has 0 spiro atoms. The summed E-state index contributed by atoms with van der Waals surface area (Å²) in [7, 11) is 0. The van der Waals surface area contributed by atoms with E-state index in [2.05, 4.69) is 34.2 Å². The molecule has 0 fully saturated rings. The van der Waals surface area contributed by atoms with Crippen molar-refractivity contribution in [2.45, 2.75) is 19.8 Å². The van der Waals surface area contributed by atoms with Gasteiger partial charge in [0.2, 0.25) is 6.79 Å². The monoisotopic (exact) mass is 401 g/mol. The van der Waals surface area contributed by atoms with Gasteiger partial charge in [-0.2, -0.15) is 5.10 Å². The van der Waals surface area contributed by atoms with Gasteiger partial charge in [-0.3, -0.25) is 9.78 Å². The van der Waals surface area contributed by atoms with Gasteiger partial charge >= 0.3 is 0 Å². The van der Waals surface area contributed by atoms with E-state index in [4.69, 9.17) is 9.47 Å². The van der Waals surface area contributed by atoms with Crippen molar-refractivity contribution in [2.24, 2.45) is 0 Å². The van der Waals surface area contributed by atoms with Gasteiger partial charge in [-0.15, -0.1) is 0 Å². The molecule has 1 aliphatic heterocycles. The topological polar surface area (TPSA) is 90.6 Å². The summed E-state index contributed by atoms with van der Waals surface area (Å²) in [6.07, 6.45) is 1.72. The van der Waals surface area contributed by atoms with E-state index >= 15 is 0 Å². The van der Waals surface area contributed by atoms with Crippen molar-refractivity contribution in [1.29, 1.82) is 0 Å². The molecule has 0 unspecified atom stereocenters. The van der Waals surface area contributed by atoms with Crippen LogP contribution in [0.2, 0.25) is 0 Å². The molecule has 150 valence electrons. The van der Waals surface area contributed by atoms with Crippen LogP contribution < -0.4 is 14.8 Å². The molecule has 0 aliphatic carbocycles. The number of hydrogen-bond donors (Lipinski definition) is 1. The number of fused-ring (bicyclic) bond motifs is 2. The van der Waals surface area contributed by atoms with E-state index in [0.29, 0.717) is 34.2 Å². The Hall–Kier alpha value is -3.94. The van der Waals surface area contributed by atoms with Crippen molar-refractivity contribution in [3.8, 4) is 22.9 Å². The summed E-state index contributed by atoms with van der Waals surface area (Å²) in [5.74, 6) is 1.11. The molecule has 4 heterocycles. The number of carbonyl (C=O) groups excluding carboxylic acids is 1. The number of ether oxygens (including phenoxy) is 2. The van der Waals surface area contributed by atoms with Crippen molar-refractivity contribution in [1.82, 2.24) is 19.6 Å². The molecule has 0 saturated heterocycles. The highest BCUT2D eigenvalue weighted by Gasteiger charge is 2.19. The number of amides is 1. The van der Waals surface area contributed by atoms with Crippen LogP contribution in [0.5, 0.6) is 11.5 Å². The lowest BCUT2D eigenvalue weighted by Gasteiger charge is -2.11. The second kappa shape index (κ2) is 7.14. The zero-order valence-electron chi connectivity index (χ0n) is 16.5. The van der Waals surface area contributed by atoms with Crippen molar-refractivity contribution >= 4 is 17.2 Å². The molecule has 0 bridgehead atoms. The number of nitrogens with one attached hydrogen (secondary N) is 1. The normalized spacial score (nSPS) is 12.5. The zero-order chi connectivity index (χ0) is 20.7. The van der Waals surface area contributed by atoms with E-state index in [0.717, 1.165) is 11.4 Å². The Bertz CT molecular complexity index is 1250. The van der Waals surface area contributed by atoms with Crippen LogP contribution in [0.4, 0.5) is 5.69 Å². The molecule has 1 amide bonds. The van der Waals surface area contributed by atoms with Crippen molar-refractivity contribution in [3.63, 3.8) is 0 Å². The molecule has 0 atom stereocenters. The van der Waals surface area contributed by atoms with Gasteiger partial charge in [0.05, 0.1) is 5.69 Å². The Morgan fingerprint density at radius 2 is 1.93 bits per heavy atom. The Kier molecular flexibility index (Phi) is 4.31. The molecule has 4 aromatic rings. The second-order valence-electron chi connectivity index (χ2n) is 7.26. The first-order valence-electron chi connectivity index (χ1n) is 9.61. The molecule has 1 N–H and O–H groups in total. The summed E-state index contributed by atoms with van der Waals surface area (Å²) in [5, 5.41) is 7.54. The first-order chi connectivity index (χ1) is 14.6. The van der Waals surface area contributed by atoms with Crippen LogP contribution >= 0.6 is 0 Å². The summed E-state index contributed by atoms with van der Waals surface area (Å²) >= 11 is 0. The first kappa shape index (κ1) is 18.1. The van der Waals surface area contributed by atoms with Crippen LogP contribution in [0.15, 0.2) is 54.7 Å². The van der Waals surface area contributed by atoms with Crippen LogP contribution in [0.25, 0.3) is 17.0 Å². The molecule has 1 aliphatic rings. The average molecular weight is 401 g/mol. The molecule has 8 nitrogen and oxygen atoms in total. The van der Waals surface area contributed by atoms with Crippen LogP contribution in [0, 0.1) is 0 Å². The summed E-state index contributed by atoms with van der Waals surface area (Å²) in [4.78, 5) is 21.8. The van der Waals surface area contributed by atoms with E-state index in [1.807, 2.05) is 24.3 Å². The molecular weight excluding hydrogens is 382 g/mol. The Labute approximate surface area is 172 Å². The van der Waals surface area contributed by atoms with Crippen molar-refractivity contribution in [2.75, 3.05) is 12.1 Å². The van der Waals surface area contributed by atoms with Gasteiger partial charge in [0.25, 0.3) is 5.91 Å². The molecule has 30 heavy (non-hydrogen) atoms. The first-order valence-corrected chi connectivity index (χ1v) is 9.61. The highest BCUT2D eigenvalue weighted by atomic mass is 16.7. The predicted octanol–water partition coefficient (Wildman–Crippen LogP) is 3.90. The maximum Gasteiger partial charge on any atom is 0.274 e. The van der Waals surface area contributed by atoms with Gasteiger partial charge in [-0.1, -0.05) is 19.9 Å². The van der Waals surface area contributed by atoms with Gasteiger partial charge in [0, 0.05) is 29.7 Å². The summed E-state index contributed by atoms with van der Waals surface area (Å²) in [5.41, 5.74) is 3.87. The number of nitrogens with zero attached hydrogens (tertiary/aromatic N) is 4. The predicted molar refractivity (Wildman–Crippen MR) is 111 cm³/mol. The highest BCUT2D eigenvalue weighted by molar-refractivity contribution is 6.03. The average Bonchev–Trinajstić information content (AvgIpc) is 3.39. The number of rotatable bonds is 4. The Morgan fingerprint density at radius 1 is 1.07 bits per heavy atom. The third-order valence-electron chi connectivity index (χ3n) is 4.84. The lowest BCUT2D eigenvalue weighted by molar-refractivity contribution is 0.102. The third kappa shape index (κ3) is 3.22. The van der Waals surface area contributed by atoms with Gasteiger partial charge in [-0.25, -0.2) is 9.50 Å². The number of pyridine rings is 1. The van der Waals surface area contributed by atoms with Crippen molar-refractivity contribution < 1.29 is 14.3 Å².